The van der Waals surface area contributed by atoms with Crippen LogP contribution >= 0.6 is 0 Å². The summed E-state index contributed by atoms with van der Waals surface area (Å²) in [5, 5.41) is 3.75. The van der Waals surface area contributed by atoms with Crippen molar-refractivity contribution in [1.29, 1.82) is 0 Å². The molecule has 2 fully saturated rings. The maximum Gasteiger partial charge on any atom is 0.0120 e. The van der Waals surface area contributed by atoms with Crippen molar-refractivity contribution in [1.82, 2.24) is 10.2 Å². The summed E-state index contributed by atoms with van der Waals surface area (Å²) in [6.45, 7) is 15.8. The summed E-state index contributed by atoms with van der Waals surface area (Å²) in [6, 6.07) is 1.47. The molecule has 2 nitrogen and oxygen atoms in total. The van der Waals surface area contributed by atoms with Crippen molar-refractivity contribution < 1.29 is 0 Å². The van der Waals surface area contributed by atoms with E-state index in [1.165, 1.54) is 45.3 Å². The van der Waals surface area contributed by atoms with Crippen LogP contribution in [0.5, 0.6) is 0 Å². The minimum absolute atomic E-state index is 0.664. The van der Waals surface area contributed by atoms with Gasteiger partial charge in [0.1, 0.15) is 0 Å². The van der Waals surface area contributed by atoms with E-state index in [-0.39, 0.29) is 0 Å². The average molecular weight is 266 g/mol. The first-order valence-electron chi connectivity index (χ1n) is 8.47. The fourth-order valence-corrected chi connectivity index (χ4v) is 3.76. The van der Waals surface area contributed by atoms with Gasteiger partial charge in [-0.25, -0.2) is 0 Å². The molecule has 1 saturated heterocycles. The molecule has 0 radical (unpaired) electrons. The highest BCUT2D eigenvalue weighted by Gasteiger charge is 2.47. The lowest BCUT2D eigenvalue weighted by molar-refractivity contribution is 0.0568. The zero-order valence-corrected chi connectivity index (χ0v) is 13.7. The van der Waals surface area contributed by atoms with E-state index in [1.807, 2.05) is 0 Å². The Balaban J connectivity index is 1.88. The Morgan fingerprint density at radius 2 is 1.95 bits per heavy atom. The summed E-state index contributed by atoms with van der Waals surface area (Å²) in [7, 11) is 0. The van der Waals surface area contributed by atoms with E-state index in [0.29, 0.717) is 5.41 Å². The van der Waals surface area contributed by atoms with Crippen molar-refractivity contribution in [3.05, 3.63) is 0 Å². The summed E-state index contributed by atoms with van der Waals surface area (Å²) >= 11 is 0. The molecule has 1 aliphatic heterocycles. The second-order valence-electron chi connectivity index (χ2n) is 7.44. The van der Waals surface area contributed by atoms with Gasteiger partial charge in [0.05, 0.1) is 0 Å². The number of rotatable bonds is 6. The summed E-state index contributed by atoms with van der Waals surface area (Å²) in [6.07, 6.45) is 5.50. The van der Waals surface area contributed by atoms with Crippen molar-refractivity contribution in [2.45, 2.75) is 72.4 Å². The van der Waals surface area contributed by atoms with Crippen LogP contribution in [-0.4, -0.2) is 36.6 Å². The lowest BCUT2D eigenvalue weighted by Gasteiger charge is -2.45. The molecule has 3 unspecified atom stereocenters. The smallest absolute Gasteiger partial charge is 0.0120 e. The van der Waals surface area contributed by atoms with E-state index in [9.17, 15) is 0 Å². The van der Waals surface area contributed by atoms with Crippen molar-refractivity contribution in [2.24, 2.45) is 17.3 Å². The number of likely N-dealkylation sites (tertiary alicyclic amines) is 1. The first-order valence-corrected chi connectivity index (χ1v) is 8.47. The molecule has 2 heteroatoms. The van der Waals surface area contributed by atoms with Crippen molar-refractivity contribution in [2.75, 3.05) is 19.6 Å². The van der Waals surface area contributed by atoms with E-state index in [0.717, 1.165) is 23.9 Å². The number of nitrogens with zero attached hydrogens (tertiary/aromatic N) is 1. The van der Waals surface area contributed by atoms with Gasteiger partial charge in [0.15, 0.2) is 0 Å². The predicted molar refractivity (Wildman–Crippen MR) is 83.4 cm³/mol. The van der Waals surface area contributed by atoms with Gasteiger partial charge in [0.2, 0.25) is 0 Å². The van der Waals surface area contributed by atoms with E-state index in [1.54, 1.807) is 0 Å². The van der Waals surface area contributed by atoms with Crippen molar-refractivity contribution in [3.63, 3.8) is 0 Å². The fraction of sp³-hybridized carbons (Fsp3) is 1.00. The quantitative estimate of drug-likeness (QED) is 0.791. The Kier molecular flexibility index (Phi) is 4.94. The van der Waals surface area contributed by atoms with Crippen LogP contribution in [0.4, 0.5) is 0 Å². The number of piperidine rings is 1. The van der Waals surface area contributed by atoms with Gasteiger partial charge in [0, 0.05) is 18.6 Å². The first-order chi connectivity index (χ1) is 9.00. The SMILES string of the molecule is CCCNC1CCN(CC2(C(C)C)CC2)C(C)C1C. The molecular weight excluding hydrogens is 232 g/mol. The molecule has 1 heterocycles. The highest BCUT2D eigenvalue weighted by atomic mass is 15.2. The lowest BCUT2D eigenvalue weighted by Crippen LogP contribution is -2.54. The molecule has 0 aromatic carbocycles. The first kappa shape index (κ1) is 15.3. The van der Waals surface area contributed by atoms with Crippen LogP contribution < -0.4 is 5.32 Å². The molecule has 0 spiro atoms. The molecule has 1 aliphatic carbocycles. The molecule has 0 amide bonds. The largest absolute Gasteiger partial charge is 0.314 e. The van der Waals surface area contributed by atoms with Gasteiger partial charge in [-0.15, -0.1) is 0 Å². The van der Waals surface area contributed by atoms with Crippen LogP contribution in [0, 0.1) is 17.3 Å². The number of nitrogens with one attached hydrogen (secondary N) is 1. The van der Waals surface area contributed by atoms with Crippen molar-refractivity contribution >= 4 is 0 Å². The average Bonchev–Trinajstić information content (AvgIpc) is 3.15. The molecule has 112 valence electrons. The van der Waals surface area contributed by atoms with Gasteiger partial charge in [-0.2, -0.15) is 0 Å². The molecule has 2 rings (SSSR count). The van der Waals surface area contributed by atoms with Gasteiger partial charge in [0.25, 0.3) is 0 Å². The zero-order valence-electron chi connectivity index (χ0n) is 13.7. The minimum atomic E-state index is 0.664. The van der Waals surface area contributed by atoms with Gasteiger partial charge in [-0.05, 0) is 62.9 Å². The van der Waals surface area contributed by atoms with Gasteiger partial charge in [-0.1, -0.05) is 27.7 Å². The van der Waals surface area contributed by atoms with E-state index < -0.39 is 0 Å². The second-order valence-corrected chi connectivity index (χ2v) is 7.44. The number of hydrogen-bond donors (Lipinski definition) is 1. The van der Waals surface area contributed by atoms with Crippen molar-refractivity contribution in [3.8, 4) is 0 Å². The summed E-state index contributed by atoms with van der Waals surface area (Å²) in [4.78, 5) is 2.78. The highest BCUT2D eigenvalue weighted by Crippen LogP contribution is 2.52. The normalized spacial score (nSPS) is 34.7. The molecule has 19 heavy (non-hydrogen) atoms. The van der Waals surface area contributed by atoms with Crippen LogP contribution in [0.25, 0.3) is 0 Å². The Hall–Kier alpha value is -0.0800. The second kappa shape index (κ2) is 6.13. The van der Waals surface area contributed by atoms with Gasteiger partial charge in [-0.3, -0.25) is 4.90 Å². The Morgan fingerprint density at radius 3 is 2.47 bits per heavy atom. The standard InChI is InChI=1S/C17H34N2/c1-6-10-18-16-7-11-19(15(5)14(16)4)12-17(8-9-17)13(2)3/h13-16,18H,6-12H2,1-5H3. The summed E-state index contributed by atoms with van der Waals surface area (Å²) in [5.41, 5.74) is 0.664. The zero-order chi connectivity index (χ0) is 14.0. The molecule has 3 atom stereocenters. The monoisotopic (exact) mass is 266 g/mol. The predicted octanol–water partition coefficient (Wildman–Crippen LogP) is 3.52. The van der Waals surface area contributed by atoms with Crippen LogP contribution in [0.1, 0.15) is 60.3 Å². The fourth-order valence-electron chi connectivity index (χ4n) is 3.76. The number of hydrogen-bond acceptors (Lipinski definition) is 2. The van der Waals surface area contributed by atoms with E-state index >= 15 is 0 Å². The van der Waals surface area contributed by atoms with Gasteiger partial charge >= 0.3 is 0 Å². The molecule has 2 aliphatic rings. The third-order valence-electron chi connectivity index (χ3n) is 5.99. The van der Waals surface area contributed by atoms with Crippen LogP contribution in [0.3, 0.4) is 0 Å². The molecule has 1 saturated carbocycles. The maximum atomic E-state index is 3.75. The van der Waals surface area contributed by atoms with Crippen LogP contribution in [0.15, 0.2) is 0 Å². The summed E-state index contributed by atoms with van der Waals surface area (Å²) < 4.78 is 0. The van der Waals surface area contributed by atoms with Gasteiger partial charge < -0.3 is 5.32 Å². The van der Waals surface area contributed by atoms with Crippen LogP contribution in [-0.2, 0) is 0 Å². The van der Waals surface area contributed by atoms with Crippen LogP contribution in [0.2, 0.25) is 0 Å². The van der Waals surface area contributed by atoms with E-state index in [2.05, 4.69) is 44.8 Å². The molecular formula is C17H34N2. The van der Waals surface area contributed by atoms with E-state index in [4.69, 9.17) is 0 Å². The Morgan fingerprint density at radius 1 is 1.26 bits per heavy atom. The maximum absolute atomic E-state index is 3.75. The minimum Gasteiger partial charge on any atom is -0.314 e. The third-order valence-corrected chi connectivity index (χ3v) is 5.99. The topological polar surface area (TPSA) is 15.3 Å². The molecule has 0 aromatic rings. The lowest BCUT2D eigenvalue weighted by atomic mass is 9.84. The highest BCUT2D eigenvalue weighted by molar-refractivity contribution is 5.00. The third kappa shape index (κ3) is 3.33. The molecule has 0 bridgehead atoms. The summed E-state index contributed by atoms with van der Waals surface area (Å²) in [5.74, 6) is 1.63. The molecule has 1 N–H and O–H groups in total. The Labute approximate surface area is 120 Å². The molecule has 0 aromatic heterocycles. The Bertz CT molecular complexity index is 283.